The standard InChI is InChI=1S/C18H27NO2/c1-7-8-19(12-17(20)21)11-16-13(2)9-15(10-14(16)3)18(4,5)6/h7,9-10H,1,8,11-12H2,2-6H3,(H,20,21). The number of carbonyl (C=O) groups is 1. The van der Waals surface area contributed by atoms with Crippen LogP contribution < -0.4 is 0 Å². The Hall–Kier alpha value is -1.61. The maximum absolute atomic E-state index is 11.0. The summed E-state index contributed by atoms with van der Waals surface area (Å²) in [6, 6.07) is 4.43. The van der Waals surface area contributed by atoms with Crippen molar-refractivity contribution in [2.24, 2.45) is 0 Å². The third kappa shape index (κ3) is 5.01. The molecule has 0 heterocycles. The second kappa shape index (κ2) is 6.90. The van der Waals surface area contributed by atoms with Crippen LogP contribution >= 0.6 is 0 Å². The second-order valence-electron chi connectivity index (χ2n) is 6.69. The molecule has 0 unspecified atom stereocenters. The minimum atomic E-state index is -0.807. The first-order chi connectivity index (χ1) is 9.65. The van der Waals surface area contributed by atoms with Gasteiger partial charge in [-0.05, 0) is 41.5 Å². The summed E-state index contributed by atoms with van der Waals surface area (Å²) in [5, 5.41) is 9.00. The summed E-state index contributed by atoms with van der Waals surface area (Å²) in [6.45, 7) is 15.8. The van der Waals surface area contributed by atoms with Crippen molar-refractivity contribution in [3.05, 3.63) is 47.0 Å². The Morgan fingerprint density at radius 2 is 1.81 bits per heavy atom. The predicted octanol–water partition coefficient (Wildman–Crippen LogP) is 3.67. The Balaban J connectivity index is 3.07. The number of rotatable bonds is 6. The Kier molecular flexibility index (Phi) is 5.73. The SMILES string of the molecule is C=CCN(CC(=O)O)Cc1c(C)cc(C(C)(C)C)cc1C. The lowest BCUT2D eigenvalue weighted by molar-refractivity contribution is -0.138. The highest BCUT2D eigenvalue weighted by molar-refractivity contribution is 5.69. The van der Waals surface area contributed by atoms with Gasteiger partial charge in [-0.1, -0.05) is 39.0 Å². The minimum absolute atomic E-state index is 0.0337. The minimum Gasteiger partial charge on any atom is -0.480 e. The first kappa shape index (κ1) is 17.4. The van der Waals surface area contributed by atoms with Gasteiger partial charge in [0.15, 0.2) is 0 Å². The molecular weight excluding hydrogens is 262 g/mol. The molecule has 0 bridgehead atoms. The Morgan fingerprint density at radius 1 is 1.29 bits per heavy atom. The molecule has 21 heavy (non-hydrogen) atoms. The molecule has 1 aromatic carbocycles. The number of nitrogens with zero attached hydrogens (tertiary/aromatic N) is 1. The Bertz CT molecular complexity index is 504. The number of hydrogen-bond acceptors (Lipinski definition) is 2. The average Bonchev–Trinajstić information content (AvgIpc) is 2.31. The summed E-state index contributed by atoms with van der Waals surface area (Å²) >= 11 is 0. The maximum Gasteiger partial charge on any atom is 0.317 e. The van der Waals surface area contributed by atoms with Crippen molar-refractivity contribution in [3.8, 4) is 0 Å². The zero-order chi connectivity index (χ0) is 16.2. The van der Waals surface area contributed by atoms with Gasteiger partial charge in [-0.2, -0.15) is 0 Å². The van der Waals surface area contributed by atoms with Crippen molar-refractivity contribution in [2.45, 2.75) is 46.6 Å². The van der Waals surface area contributed by atoms with Crippen LogP contribution in [0.5, 0.6) is 0 Å². The highest BCUT2D eigenvalue weighted by Crippen LogP contribution is 2.27. The zero-order valence-electron chi connectivity index (χ0n) is 13.9. The van der Waals surface area contributed by atoms with E-state index in [4.69, 9.17) is 5.11 Å². The van der Waals surface area contributed by atoms with Crippen molar-refractivity contribution in [1.82, 2.24) is 4.90 Å². The number of carboxylic acids is 1. The number of benzene rings is 1. The van der Waals surface area contributed by atoms with Gasteiger partial charge in [0.2, 0.25) is 0 Å². The quantitative estimate of drug-likeness (QED) is 0.812. The molecule has 0 atom stereocenters. The zero-order valence-corrected chi connectivity index (χ0v) is 13.9. The topological polar surface area (TPSA) is 40.5 Å². The molecule has 0 saturated carbocycles. The fourth-order valence-electron chi connectivity index (χ4n) is 2.46. The van der Waals surface area contributed by atoms with E-state index in [0.29, 0.717) is 13.1 Å². The number of aliphatic carboxylic acids is 1. The van der Waals surface area contributed by atoms with E-state index in [1.807, 2.05) is 4.90 Å². The third-order valence-corrected chi connectivity index (χ3v) is 3.69. The highest BCUT2D eigenvalue weighted by Gasteiger charge is 2.18. The van der Waals surface area contributed by atoms with Crippen LogP contribution in [-0.4, -0.2) is 29.1 Å². The molecule has 0 amide bonds. The van der Waals surface area contributed by atoms with Crippen LogP contribution in [0.1, 0.15) is 43.0 Å². The van der Waals surface area contributed by atoms with Crippen molar-refractivity contribution < 1.29 is 9.90 Å². The molecule has 0 aromatic heterocycles. The van der Waals surface area contributed by atoms with Crippen LogP contribution in [0.3, 0.4) is 0 Å². The summed E-state index contributed by atoms with van der Waals surface area (Å²) in [7, 11) is 0. The van der Waals surface area contributed by atoms with Gasteiger partial charge in [0, 0.05) is 13.1 Å². The van der Waals surface area contributed by atoms with Crippen LogP contribution in [0.25, 0.3) is 0 Å². The molecule has 0 spiro atoms. The second-order valence-corrected chi connectivity index (χ2v) is 6.69. The normalized spacial score (nSPS) is 11.7. The summed E-state index contributed by atoms with van der Waals surface area (Å²) in [5.41, 5.74) is 5.09. The molecule has 1 N–H and O–H groups in total. The Labute approximate surface area is 128 Å². The lowest BCUT2D eigenvalue weighted by Gasteiger charge is -2.25. The lowest BCUT2D eigenvalue weighted by atomic mass is 9.83. The van der Waals surface area contributed by atoms with Crippen molar-refractivity contribution in [1.29, 1.82) is 0 Å². The van der Waals surface area contributed by atoms with E-state index in [0.717, 1.165) is 0 Å². The molecule has 0 aliphatic heterocycles. The molecule has 1 aromatic rings. The molecule has 0 aliphatic rings. The maximum atomic E-state index is 11.0. The van der Waals surface area contributed by atoms with Crippen molar-refractivity contribution in [2.75, 3.05) is 13.1 Å². The monoisotopic (exact) mass is 289 g/mol. The van der Waals surface area contributed by atoms with Gasteiger partial charge in [-0.15, -0.1) is 6.58 Å². The Morgan fingerprint density at radius 3 is 2.19 bits per heavy atom. The number of hydrogen-bond donors (Lipinski definition) is 1. The van der Waals surface area contributed by atoms with E-state index in [2.05, 4.69) is 53.3 Å². The van der Waals surface area contributed by atoms with Crippen molar-refractivity contribution in [3.63, 3.8) is 0 Å². The van der Waals surface area contributed by atoms with Gasteiger partial charge >= 0.3 is 5.97 Å². The largest absolute Gasteiger partial charge is 0.480 e. The van der Waals surface area contributed by atoms with Crippen LogP contribution in [0.15, 0.2) is 24.8 Å². The molecule has 1 rings (SSSR count). The molecule has 3 nitrogen and oxygen atoms in total. The van der Waals surface area contributed by atoms with Crippen LogP contribution in [0, 0.1) is 13.8 Å². The van der Waals surface area contributed by atoms with Gasteiger partial charge in [0.05, 0.1) is 6.54 Å². The molecule has 3 heteroatoms. The van der Waals surface area contributed by atoms with Gasteiger partial charge < -0.3 is 5.11 Å². The highest BCUT2D eigenvalue weighted by atomic mass is 16.4. The molecule has 116 valence electrons. The average molecular weight is 289 g/mol. The van der Waals surface area contributed by atoms with Crippen LogP contribution in [0.2, 0.25) is 0 Å². The molecule has 0 aliphatic carbocycles. The number of carboxylic acid groups (broad SMARTS) is 1. The summed E-state index contributed by atoms with van der Waals surface area (Å²) in [5.74, 6) is -0.807. The summed E-state index contributed by atoms with van der Waals surface area (Å²) in [4.78, 5) is 12.8. The fraction of sp³-hybridized carbons (Fsp3) is 0.500. The van der Waals surface area contributed by atoms with E-state index in [1.54, 1.807) is 6.08 Å². The van der Waals surface area contributed by atoms with E-state index in [9.17, 15) is 4.79 Å². The first-order valence-corrected chi connectivity index (χ1v) is 7.30. The first-order valence-electron chi connectivity index (χ1n) is 7.30. The van der Waals surface area contributed by atoms with Crippen LogP contribution in [-0.2, 0) is 16.8 Å². The van der Waals surface area contributed by atoms with E-state index >= 15 is 0 Å². The lowest BCUT2D eigenvalue weighted by Crippen LogP contribution is -2.30. The van der Waals surface area contributed by atoms with Gasteiger partial charge in [-0.25, -0.2) is 0 Å². The molecule has 0 fully saturated rings. The van der Waals surface area contributed by atoms with Gasteiger partial charge in [0.25, 0.3) is 0 Å². The molecular formula is C18H27NO2. The fourth-order valence-corrected chi connectivity index (χ4v) is 2.46. The van der Waals surface area contributed by atoms with E-state index in [1.165, 1.54) is 22.3 Å². The van der Waals surface area contributed by atoms with Crippen molar-refractivity contribution >= 4 is 5.97 Å². The van der Waals surface area contributed by atoms with E-state index in [-0.39, 0.29) is 12.0 Å². The van der Waals surface area contributed by atoms with Gasteiger partial charge in [0.1, 0.15) is 0 Å². The summed E-state index contributed by atoms with van der Waals surface area (Å²) < 4.78 is 0. The third-order valence-electron chi connectivity index (χ3n) is 3.69. The van der Waals surface area contributed by atoms with Crippen LogP contribution in [0.4, 0.5) is 0 Å². The van der Waals surface area contributed by atoms with Gasteiger partial charge in [-0.3, -0.25) is 9.69 Å². The number of aryl methyl sites for hydroxylation is 2. The van der Waals surface area contributed by atoms with E-state index < -0.39 is 5.97 Å². The predicted molar refractivity (Wildman–Crippen MR) is 87.7 cm³/mol. The molecule has 0 saturated heterocycles. The molecule has 0 radical (unpaired) electrons. The smallest absolute Gasteiger partial charge is 0.317 e. The summed E-state index contributed by atoms with van der Waals surface area (Å²) in [6.07, 6.45) is 1.75.